The number of urea groups is 1. The molecule has 2 N–H and O–H groups in total. The van der Waals surface area contributed by atoms with E-state index in [0.29, 0.717) is 56.3 Å². The summed E-state index contributed by atoms with van der Waals surface area (Å²) in [4.78, 5) is 23.5. The van der Waals surface area contributed by atoms with Crippen LogP contribution in [0.15, 0.2) is 30.5 Å². The Hall–Kier alpha value is -3.25. The molecule has 2 saturated heterocycles. The van der Waals surface area contributed by atoms with Crippen molar-refractivity contribution in [3.63, 3.8) is 0 Å². The second-order valence-electron chi connectivity index (χ2n) is 8.46. The Morgan fingerprint density at radius 3 is 2.47 bits per heavy atom. The van der Waals surface area contributed by atoms with Gasteiger partial charge >= 0.3 is 6.03 Å². The fourth-order valence-electron chi connectivity index (χ4n) is 4.34. The van der Waals surface area contributed by atoms with Crippen molar-refractivity contribution in [1.29, 1.82) is 0 Å². The lowest BCUT2D eigenvalue weighted by Gasteiger charge is -2.28. The third-order valence-corrected chi connectivity index (χ3v) is 7.96. The zero-order valence-electron chi connectivity index (χ0n) is 18.9. The number of ether oxygens (including phenoxy) is 1. The molecule has 180 valence electrons. The highest BCUT2D eigenvalue weighted by molar-refractivity contribution is 7.91. The first-order chi connectivity index (χ1) is 16.4. The van der Waals surface area contributed by atoms with Crippen molar-refractivity contribution < 1.29 is 17.9 Å². The molecule has 3 aromatic rings. The predicted molar refractivity (Wildman–Crippen MR) is 129 cm³/mol. The number of hydrogen-bond donors (Lipinski definition) is 2. The summed E-state index contributed by atoms with van der Waals surface area (Å²) in [6.07, 6.45) is 2.82. The number of rotatable bonds is 4. The molecule has 5 rings (SSSR count). The maximum Gasteiger partial charge on any atom is 0.318 e. The number of sulfone groups is 1. The smallest absolute Gasteiger partial charge is 0.318 e. The normalized spacial score (nSPS) is 18.7. The van der Waals surface area contributed by atoms with Crippen LogP contribution in [0.4, 0.5) is 16.3 Å². The molecule has 2 fully saturated rings. The van der Waals surface area contributed by atoms with Crippen LogP contribution in [0.5, 0.6) is 0 Å². The molecule has 0 spiro atoms. The van der Waals surface area contributed by atoms with Crippen molar-refractivity contribution in [3.05, 3.63) is 30.5 Å². The number of hydrogen-bond acceptors (Lipinski definition) is 8. The number of nitrogens with zero attached hydrogens (tertiary/aromatic N) is 5. The maximum atomic E-state index is 11.9. The molecule has 0 bridgehead atoms. The van der Waals surface area contributed by atoms with E-state index in [1.807, 2.05) is 16.8 Å². The summed E-state index contributed by atoms with van der Waals surface area (Å²) < 4.78 is 31.3. The van der Waals surface area contributed by atoms with Crippen LogP contribution in [0.2, 0.25) is 0 Å². The lowest BCUT2D eigenvalue weighted by atomic mass is 10.1. The van der Waals surface area contributed by atoms with Gasteiger partial charge in [-0.25, -0.2) is 27.9 Å². The molecule has 11 nitrogen and oxygen atoms in total. The number of carbonyl (C=O) groups excluding carboxylic acids is 1. The Balaban J connectivity index is 1.55. The first-order valence-corrected chi connectivity index (χ1v) is 13.1. The van der Waals surface area contributed by atoms with Crippen molar-refractivity contribution in [2.45, 2.75) is 18.9 Å². The highest BCUT2D eigenvalue weighted by atomic mass is 32.2. The van der Waals surface area contributed by atoms with Crippen molar-refractivity contribution >= 4 is 38.4 Å². The molecular weight excluding hydrogens is 458 g/mol. The van der Waals surface area contributed by atoms with Gasteiger partial charge in [-0.3, -0.25) is 0 Å². The second kappa shape index (κ2) is 9.18. The summed E-state index contributed by atoms with van der Waals surface area (Å²) in [7, 11) is -1.42. The monoisotopic (exact) mass is 485 g/mol. The van der Waals surface area contributed by atoms with Crippen LogP contribution < -0.4 is 15.5 Å². The van der Waals surface area contributed by atoms with Crippen molar-refractivity contribution in [2.24, 2.45) is 0 Å². The van der Waals surface area contributed by atoms with Crippen molar-refractivity contribution in [3.8, 4) is 11.4 Å². The Morgan fingerprint density at radius 2 is 1.79 bits per heavy atom. The van der Waals surface area contributed by atoms with Gasteiger partial charge in [0.2, 0.25) is 0 Å². The van der Waals surface area contributed by atoms with Gasteiger partial charge in [-0.15, -0.1) is 0 Å². The van der Waals surface area contributed by atoms with E-state index in [-0.39, 0.29) is 23.6 Å². The van der Waals surface area contributed by atoms with Crippen LogP contribution in [0.25, 0.3) is 22.4 Å². The van der Waals surface area contributed by atoms with E-state index in [1.165, 1.54) is 0 Å². The standard InChI is InChI=1S/C22H27N7O4S/c1-23-22(30)25-16-4-2-15(3-5-16)19-26-20(28-8-10-33-11-9-28)18-14-24-29(21(18)27-19)17-6-12-34(31,32)13-7-17/h2-5,14,17H,6-13H2,1H3,(H2,23,25,30). The summed E-state index contributed by atoms with van der Waals surface area (Å²) in [5, 5.41) is 10.7. The van der Waals surface area contributed by atoms with Crippen molar-refractivity contribution in [1.82, 2.24) is 25.1 Å². The molecule has 2 aliphatic rings. The van der Waals surface area contributed by atoms with Gasteiger partial charge in [0.05, 0.1) is 42.3 Å². The summed E-state index contributed by atoms with van der Waals surface area (Å²) in [5.74, 6) is 1.66. The van der Waals surface area contributed by atoms with Gasteiger partial charge in [-0.1, -0.05) is 0 Å². The first kappa shape index (κ1) is 22.5. The van der Waals surface area contributed by atoms with E-state index < -0.39 is 9.84 Å². The van der Waals surface area contributed by atoms with Crippen LogP contribution in [-0.2, 0) is 14.6 Å². The highest BCUT2D eigenvalue weighted by Crippen LogP contribution is 2.32. The third kappa shape index (κ3) is 4.55. The predicted octanol–water partition coefficient (Wildman–Crippen LogP) is 1.83. The van der Waals surface area contributed by atoms with Gasteiger partial charge < -0.3 is 20.3 Å². The Kier molecular flexibility index (Phi) is 6.09. The molecular formula is C22H27N7O4S. The van der Waals surface area contributed by atoms with Crippen molar-refractivity contribution in [2.75, 3.05) is 55.1 Å². The van der Waals surface area contributed by atoms with Crippen LogP contribution in [0, 0.1) is 0 Å². The minimum atomic E-state index is -2.98. The summed E-state index contributed by atoms with van der Waals surface area (Å²) in [6, 6.07) is 7.01. The average molecular weight is 486 g/mol. The lowest BCUT2D eigenvalue weighted by Crippen LogP contribution is -2.37. The molecule has 0 unspecified atom stereocenters. The number of morpholine rings is 1. The SMILES string of the molecule is CNC(=O)Nc1ccc(-c2nc(N3CCOCC3)c3cnn(C4CCS(=O)(=O)CC4)c3n2)cc1. The molecule has 0 radical (unpaired) electrons. The van der Waals surface area contributed by atoms with E-state index >= 15 is 0 Å². The summed E-state index contributed by atoms with van der Waals surface area (Å²) >= 11 is 0. The van der Waals surface area contributed by atoms with Crippen LogP contribution in [0.3, 0.4) is 0 Å². The molecule has 0 atom stereocenters. The fourth-order valence-corrected chi connectivity index (χ4v) is 5.81. The van der Waals surface area contributed by atoms with Gasteiger partial charge in [-0.05, 0) is 37.1 Å². The minimum absolute atomic E-state index is 0.0274. The quantitative estimate of drug-likeness (QED) is 0.572. The zero-order valence-corrected chi connectivity index (χ0v) is 19.7. The number of carbonyl (C=O) groups is 1. The van der Waals surface area contributed by atoms with E-state index in [4.69, 9.17) is 14.7 Å². The van der Waals surface area contributed by atoms with Gasteiger partial charge in [0.25, 0.3) is 0 Å². The number of anilines is 2. The summed E-state index contributed by atoms with van der Waals surface area (Å²) in [5.41, 5.74) is 2.16. The number of fused-ring (bicyclic) bond motifs is 1. The molecule has 2 aromatic heterocycles. The Labute approximate surface area is 197 Å². The largest absolute Gasteiger partial charge is 0.378 e. The zero-order chi connectivity index (χ0) is 23.7. The number of benzene rings is 1. The molecule has 4 heterocycles. The van der Waals surface area contributed by atoms with Crippen LogP contribution >= 0.6 is 0 Å². The van der Waals surface area contributed by atoms with Gasteiger partial charge in [-0.2, -0.15) is 5.10 Å². The first-order valence-electron chi connectivity index (χ1n) is 11.3. The number of amides is 2. The molecule has 34 heavy (non-hydrogen) atoms. The molecule has 0 aliphatic carbocycles. The van der Waals surface area contributed by atoms with E-state index in [0.717, 1.165) is 16.8 Å². The Bertz CT molecular complexity index is 1290. The van der Waals surface area contributed by atoms with Gasteiger partial charge in [0, 0.05) is 31.4 Å². The fraction of sp³-hybridized carbons (Fsp3) is 0.455. The van der Waals surface area contributed by atoms with E-state index in [9.17, 15) is 13.2 Å². The Morgan fingerprint density at radius 1 is 1.09 bits per heavy atom. The van der Waals surface area contributed by atoms with E-state index in [2.05, 4.69) is 20.6 Å². The number of nitrogens with one attached hydrogen (secondary N) is 2. The van der Waals surface area contributed by atoms with Gasteiger partial charge in [0.1, 0.15) is 15.7 Å². The third-order valence-electron chi connectivity index (χ3n) is 6.24. The molecule has 1 aromatic carbocycles. The molecule has 2 aliphatic heterocycles. The lowest BCUT2D eigenvalue weighted by molar-refractivity contribution is 0.122. The van der Waals surface area contributed by atoms with E-state index in [1.54, 1.807) is 25.4 Å². The van der Waals surface area contributed by atoms with Crippen LogP contribution in [0.1, 0.15) is 18.9 Å². The molecule has 0 saturated carbocycles. The van der Waals surface area contributed by atoms with Gasteiger partial charge in [0.15, 0.2) is 11.5 Å². The number of aromatic nitrogens is 4. The highest BCUT2D eigenvalue weighted by Gasteiger charge is 2.28. The maximum absolute atomic E-state index is 11.9. The minimum Gasteiger partial charge on any atom is -0.378 e. The summed E-state index contributed by atoms with van der Waals surface area (Å²) in [6.45, 7) is 2.67. The molecule has 2 amide bonds. The topological polar surface area (TPSA) is 131 Å². The second-order valence-corrected chi connectivity index (χ2v) is 10.8. The molecule has 12 heteroatoms. The average Bonchev–Trinajstić information content (AvgIpc) is 3.28. The van der Waals surface area contributed by atoms with Crippen LogP contribution in [-0.4, -0.2) is 79.1 Å².